The molecule has 0 bridgehead atoms. The molecular weight excluding hydrogens is 198 g/mol. The summed E-state index contributed by atoms with van der Waals surface area (Å²) in [5.41, 5.74) is 0.881. The number of aryl methyl sites for hydroxylation is 1. The molecule has 0 aliphatic rings. The largest absolute Gasteiger partial charge is 0.461 e. The maximum absolute atomic E-state index is 11.7. The lowest BCUT2D eigenvalue weighted by Gasteiger charge is -1.94. The van der Waals surface area contributed by atoms with E-state index in [0.717, 1.165) is 10.6 Å². The van der Waals surface area contributed by atoms with E-state index in [1.807, 2.05) is 12.3 Å². The summed E-state index contributed by atoms with van der Waals surface area (Å²) in [7, 11) is 0. The van der Waals surface area contributed by atoms with Crippen molar-refractivity contribution >= 4 is 17.1 Å². The zero-order valence-corrected chi connectivity index (χ0v) is 8.50. The lowest BCUT2D eigenvalue weighted by molar-refractivity contribution is 0.0965. The molecule has 0 saturated heterocycles. The van der Waals surface area contributed by atoms with Crippen LogP contribution in [-0.4, -0.2) is 10.8 Å². The molecule has 14 heavy (non-hydrogen) atoms. The molecular formula is C10H9NO2S. The predicted molar refractivity (Wildman–Crippen MR) is 53.6 cm³/mol. The first-order chi connectivity index (χ1) is 6.77. The van der Waals surface area contributed by atoms with Crippen molar-refractivity contribution in [3.63, 3.8) is 0 Å². The zero-order valence-electron chi connectivity index (χ0n) is 7.69. The van der Waals surface area contributed by atoms with Crippen molar-refractivity contribution in [1.82, 2.24) is 4.98 Å². The summed E-state index contributed by atoms with van der Waals surface area (Å²) in [5.74, 6) is 0.433. The summed E-state index contributed by atoms with van der Waals surface area (Å²) in [5, 5.41) is 2.68. The van der Waals surface area contributed by atoms with Crippen LogP contribution < -0.4 is 0 Å². The summed E-state index contributed by atoms with van der Waals surface area (Å²) >= 11 is 1.48. The number of furan rings is 1. The Balaban J connectivity index is 2.14. The fourth-order valence-electron chi connectivity index (χ4n) is 1.22. The Kier molecular flexibility index (Phi) is 2.45. The molecule has 0 spiro atoms. The minimum absolute atomic E-state index is 0.0116. The monoisotopic (exact) mass is 207 g/mol. The third-order valence-corrected chi connectivity index (χ3v) is 2.69. The van der Waals surface area contributed by atoms with Crippen LogP contribution in [-0.2, 0) is 6.42 Å². The highest BCUT2D eigenvalue weighted by Gasteiger charge is 2.14. The highest BCUT2D eigenvalue weighted by molar-refractivity contribution is 7.09. The summed E-state index contributed by atoms with van der Waals surface area (Å²) in [6.07, 6.45) is 3.55. The fourth-order valence-corrected chi connectivity index (χ4v) is 1.83. The van der Waals surface area contributed by atoms with Gasteiger partial charge in [0, 0.05) is 11.6 Å². The Labute approximate surface area is 85.4 Å². The Morgan fingerprint density at radius 3 is 3.07 bits per heavy atom. The van der Waals surface area contributed by atoms with E-state index >= 15 is 0 Å². The molecule has 72 valence electrons. The van der Waals surface area contributed by atoms with Crippen LogP contribution >= 0.6 is 11.3 Å². The topological polar surface area (TPSA) is 43.1 Å². The van der Waals surface area contributed by atoms with Crippen molar-refractivity contribution in [2.45, 2.75) is 13.3 Å². The van der Waals surface area contributed by atoms with Crippen LogP contribution in [0.2, 0.25) is 0 Å². The van der Waals surface area contributed by atoms with E-state index in [2.05, 4.69) is 4.98 Å². The van der Waals surface area contributed by atoms with Gasteiger partial charge in [-0.3, -0.25) is 4.79 Å². The number of hydrogen-bond acceptors (Lipinski definition) is 4. The van der Waals surface area contributed by atoms with Gasteiger partial charge in [0.25, 0.3) is 0 Å². The summed E-state index contributed by atoms with van der Waals surface area (Å²) in [4.78, 5) is 15.7. The number of ketones is 1. The number of Topliss-reactive ketones (excluding diaryl/α,β-unsaturated/α-hetero) is 1. The second-order valence-corrected chi connectivity index (χ2v) is 3.94. The van der Waals surface area contributed by atoms with Crippen molar-refractivity contribution in [3.05, 3.63) is 40.2 Å². The van der Waals surface area contributed by atoms with E-state index in [1.165, 1.54) is 17.6 Å². The molecule has 0 amide bonds. The lowest BCUT2D eigenvalue weighted by atomic mass is 10.2. The third kappa shape index (κ3) is 1.75. The zero-order chi connectivity index (χ0) is 9.97. The molecule has 0 N–H and O–H groups in total. The van der Waals surface area contributed by atoms with Gasteiger partial charge in [0.1, 0.15) is 5.01 Å². The second-order valence-electron chi connectivity index (χ2n) is 2.96. The SMILES string of the molecule is Cc1ccoc1C(=O)Cc1nccs1. The van der Waals surface area contributed by atoms with E-state index in [0.29, 0.717) is 12.2 Å². The summed E-state index contributed by atoms with van der Waals surface area (Å²) in [6.45, 7) is 1.86. The fraction of sp³-hybridized carbons (Fsp3) is 0.200. The maximum atomic E-state index is 11.7. The van der Waals surface area contributed by atoms with Gasteiger partial charge in [-0.2, -0.15) is 0 Å². The highest BCUT2D eigenvalue weighted by atomic mass is 32.1. The van der Waals surface area contributed by atoms with Gasteiger partial charge in [0.05, 0.1) is 12.7 Å². The Morgan fingerprint density at radius 1 is 1.64 bits per heavy atom. The van der Waals surface area contributed by atoms with Gasteiger partial charge in [0.15, 0.2) is 5.76 Å². The van der Waals surface area contributed by atoms with Gasteiger partial charge in [-0.05, 0) is 18.6 Å². The standard InChI is InChI=1S/C10H9NO2S/c1-7-2-4-13-10(7)8(12)6-9-11-3-5-14-9/h2-5H,6H2,1H3. The quantitative estimate of drug-likeness (QED) is 0.726. The number of hydrogen-bond donors (Lipinski definition) is 0. The van der Waals surface area contributed by atoms with Crippen LogP contribution in [0.25, 0.3) is 0 Å². The van der Waals surface area contributed by atoms with Crippen LogP contribution in [0.4, 0.5) is 0 Å². The minimum atomic E-state index is -0.0116. The van der Waals surface area contributed by atoms with Crippen LogP contribution in [0.5, 0.6) is 0 Å². The first-order valence-corrected chi connectivity index (χ1v) is 5.11. The van der Waals surface area contributed by atoms with Crippen LogP contribution in [0.15, 0.2) is 28.3 Å². The van der Waals surface area contributed by atoms with E-state index in [9.17, 15) is 4.79 Å². The van der Waals surface area contributed by atoms with Crippen molar-refractivity contribution in [2.24, 2.45) is 0 Å². The highest BCUT2D eigenvalue weighted by Crippen LogP contribution is 2.13. The van der Waals surface area contributed by atoms with Crippen molar-refractivity contribution in [3.8, 4) is 0 Å². The number of nitrogens with zero attached hydrogens (tertiary/aromatic N) is 1. The van der Waals surface area contributed by atoms with Gasteiger partial charge in [-0.15, -0.1) is 11.3 Å². The molecule has 4 heteroatoms. The Morgan fingerprint density at radius 2 is 2.50 bits per heavy atom. The van der Waals surface area contributed by atoms with E-state index in [-0.39, 0.29) is 5.78 Å². The molecule has 2 aromatic heterocycles. The molecule has 2 rings (SSSR count). The lowest BCUT2D eigenvalue weighted by Crippen LogP contribution is -2.03. The Hall–Kier alpha value is -1.42. The van der Waals surface area contributed by atoms with Crippen molar-refractivity contribution < 1.29 is 9.21 Å². The first-order valence-electron chi connectivity index (χ1n) is 4.23. The molecule has 2 heterocycles. The molecule has 0 aromatic carbocycles. The van der Waals surface area contributed by atoms with Gasteiger partial charge < -0.3 is 4.42 Å². The Bertz CT molecular complexity index is 431. The molecule has 0 aliphatic heterocycles. The average Bonchev–Trinajstić information content (AvgIpc) is 2.75. The summed E-state index contributed by atoms with van der Waals surface area (Å²) < 4.78 is 5.10. The predicted octanol–water partition coefficient (Wildman–Crippen LogP) is 2.47. The minimum Gasteiger partial charge on any atom is -0.461 e. The molecule has 0 fully saturated rings. The second kappa shape index (κ2) is 3.75. The number of carbonyl (C=O) groups excluding carboxylic acids is 1. The van der Waals surface area contributed by atoms with Crippen molar-refractivity contribution in [1.29, 1.82) is 0 Å². The maximum Gasteiger partial charge on any atom is 0.205 e. The number of carbonyl (C=O) groups is 1. The molecule has 0 radical (unpaired) electrons. The summed E-state index contributed by atoms with van der Waals surface area (Å²) in [6, 6.07) is 1.79. The smallest absolute Gasteiger partial charge is 0.205 e. The van der Waals surface area contributed by atoms with E-state index < -0.39 is 0 Å². The van der Waals surface area contributed by atoms with Gasteiger partial charge >= 0.3 is 0 Å². The molecule has 0 saturated carbocycles. The molecule has 0 unspecified atom stereocenters. The van der Waals surface area contributed by atoms with Crippen LogP contribution in [0, 0.1) is 6.92 Å². The normalized spacial score (nSPS) is 10.4. The van der Waals surface area contributed by atoms with Gasteiger partial charge in [-0.1, -0.05) is 0 Å². The van der Waals surface area contributed by atoms with Gasteiger partial charge in [-0.25, -0.2) is 4.98 Å². The molecule has 0 aliphatic carbocycles. The molecule has 0 atom stereocenters. The van der Waals surface area contributed by atoms with Crippen LogP contribution in [0.3, 0.4) is 0 Å². The average molecular weight is 207 g/mol. The third-order valence-electron chi connectivity index (χ3n) is 1.91. The number of aromatic nitrogens is 1. The van der Waals surface area contributed by atoms with E-state index in [4.69, 9.17) is 4.42 Å². The van der Waals surface area contributed by atoms with Crippen molar-refractivity contribution in [2.75, 3.05) is 0 Å². The number of rotatable bonds is 3. The molecule has 3 nitrogen and oxygen atoms in total. The van der Waals surface area contributed by atoms with Gasteiger partial charge in [0.2, 0.25) is 5.78 Å². The van der Waals surface area contributed by atoms with Crippen LogP contribution in [0.1, 0.15) is 21.1 Å². The first kappa shape index (κ1) is 9.15. The number of thiazole rings is 1. The van der Waals surface area contributed by atoms with E-state index in [1.54, 1.807) is 12.3 Å². The molecule has 2 aromatic rings.